The highest BCUT2D eigenvalue weighted by molar-refractivity contribution is 6.11. The van der Waals surface area contributed by atoms with E-state index < -0.39 is 29.7 Å². The van der Waals surface area contributed by atoms with E-state index in [-0.39, 0.29) is 18.9 Å². The van der Waals surface area contributed by atoms with Crippen LogP contribution in [-0.2, 0) is 14.3 Å². The standard InChI is InChI=1S/C25H29N3O6/c1-16-10-6-7-11-17(16)21(29)15-27-19-12-8-9-13-20(19)28(24(32)33-5)14-18(22(27)30)26-23(31)34-25(2,3)4/h6-13,18H,14-15H2,1-5H3,(H,26,31). The van der Waals surface area contributed by atoms with Crippen molar-refractivity contribution in [2.45, 2.75) is 39.3 Å². The molecule has 180 valence electrons. The van der Waals surface area contributed by atoms with Gasteiger partial charge in [0.15, 0.2) is 5.78 Å². The van der Waals surface area contributed by atoms with E-state index in [0.717, 1.165) is 5.56 Å². The Morgan fingerprint density at radius 3 is 2.26 bits per heavy atom. The number of methoxy groups -OCH3 is 1. The number of fused-ring (bicyclic) bond motifs is 1. The molecule has 0 spiro atoms. The normalized spacial score (nSPS) is 15.8. The van der Waals surface area contributed by atoms with Crippen LogP contribution in [0.4, 0.5) is 21.0 Å². The molecular formula is C25H29N3O6. The molecule has 0 fully saturated rings. The lowest BCUT2D eigenvalue weighted by molar-refractivity contribution is -0.120. The molecule has 1 unspecified atom stereocenters. The predicted octanol–water partition coefficient (Wildman–Crippen LogP) is 3.69. The van der Waals surface area contributed by atoms with Crippen molar-refractivity contribution in [3.05, 3.63) is 59.7 Å². The van der Waals surface area contributed by atoms with Gasteiger partial charge in [0, 0.05) is 5.56 Å². The lowest BCUT2D eigenvalue weighted by Gasteiger charge is -2.26. The highest BCUT2D eigenvalue weighted by Gasteiger charge is 2.38. The van der Waals surface area contributed by atoms with Crippen LogP contribution in [0.3, 0.4) is 0 Å². The Bertz CT molecular complexity index is 1110. The number of amides is 3. The van der Waals surface area contributed by atoms with Gasteiger partial charge in [0.1, 0.15) is 11.6 Å². The van der Waals surface area contributed by atoms with Crippen molar-refractivity contribution in [3.8, 4) is 0 Å². The number of benzene rings is 2. The van der Waals surface area contributed by atoms with E-state index in [2.05, 4.69) is 5.32 Å². The maximum atomic E-state index is 13.6. The minimum Gasteiger partial charge on any atom is -0.452 e. The summed E-state index contributed by atoms with van der Waals surface area (Å²) < 4.78 is 10.2. The molecule has 0 bridgehead atoms. The molecule has 2 aromatic carbocycles. The van der Waals surface area contributed by atoms with Gasteiger partial charge in [0.05, 0.1) is 31.6 Å². The number of hydrogen-bond donors (Lipinski definition) is 1. The zero-order chi connectivity index (χ0) is 25.0. The first kappa shape index (κ1) is 24.8. The average Bonchev–Trinajstić information content (AvgIpc) is 2.88. The van der Waals surface area contributed by atoms with Crippen molar-refractivity contribution >= 4 is 35.3 Å². The molecule has 3 amide bonds. The topological polar surface area (TPSA) is 105 Å². The molecule has 0 aliphatic carbocycles. The summed E-state index contributed by atoms with van der Waals surface area (Å²) in [4.78, 5) is 54.5. The van der Waals surface area contributed by atoms with Crippen LogP contribution in [-0.4, -0.2) is 55.7 Å². The van der Waals surface area contributed by atoms with Gasteiger partial charge in [0.25, 0.3) is 5.91 Å². The maximum absolute atomic E-state index is 13.6. The van der Waals surface area contributed by atoms with Gasteiger partial charge in [0.2, 0.25) is 0 Å². The monoisotopic (exact) mass is 467 g/mol. The lowest BCUT2D eigenvalue weighted by Crippen LogP contribution is -2.54. The summed E-state index contributed by atoms with van der Waals surface area (Å²) in [6.07, 6.45) is -1.52. The summed E-state index contributed by atoms with van der Waals surface area (Å²) in [5, 5.41) is 2.55. The Labute approximate surface area is 198 Å². The Morgan fingerprint density at radius 1 is 1.03 bits per heavy atom. The van der Waals surface area contributed by atoms with E-state index in [1.807, 2.05) is 19.1 Å². The number of nitrogens with zero attached hydrogens (tertiary/aromatic N) is 2. The number of alkyl carbamates (subject to hydrolysis) is 1. The Morgan fingerprint density at radius 2 is 1.65 bits per heavy atom. The third-order valence-electron chi connectivity index (χ3n) is 5.23. The minimum absolute atomic E-state index is 0.198. The van der Waals surface area contributed by atoms with E-state index in [0.29, 0.717) is 16.9 Å². The minimum atomic E-state index is -1.17. The number of ketones is 1. The molecule has 2 aromatic rings. The number of hydrogen-bond acceptors (Lipinski definition) is 6. The first-order valence-corrected chi connectivity index (χ1v) is 10.9. The fourth-order valence-corrected chi connectivity index (χ4v) is 3.70. The molecule has 1 N–H and O–H groups in total. The van der Waals surface area contributed by atoms with Crippen LogP contribution in [0.2, 0.25) is 0 Å². The largest absolute Gasteiger partial charge is 0.452 e. The second-order valence-corrected chi connectivity index (χ2v) is 8.93. The number of ether oxygens (including phenoxy) is 2. The molecule has 0 radical (unpaired) electrons. The van der Waals surface area contributed by atoms with E-state index in [4.69, 9.17) is 9.47 Å². The van der Waals surface area contributed by atoms with Gasteiger partial charge in [-0.2, -0.15) is 0 Å². The Hall–Kier alpha value is -3.88. The quantitative estimate of drug-likeness (QED) is 0.688. The Balaban J connectivity index is 2.02. The number of anilines is 2. The molecule has 0 saturated heterocycles. The zero-order valence-corrected chi connectivity index (χ0v) is 20.0. The number of Topliss-reactive ketones (excluding diaryl/α,β-unsaturated/α-hetero) is 1. The average molecular weight is 468 g/mol. The molecule has 9 nitrogen and oxygen atoms in total. The molecule has 3 rings (SSSR count). The molecule has 0 aromatic heterocycles. The third-order valence-corrected chi connectivity index (χ3v) is 5.23. The van der Waals surface area contributed by atoms with Gasteiger partial charge in [-0.3, -0.25) is 14.5 Å². The summed E-state index contributed by atoms with van der Waals surface area (Å²) in [5.41, 5.74) is 1.21. The van der Waals surface area contributed by atoms with Crippen molar-refractivity contribution in [2.24, 2.45) is 0 Å². The maximum Gasteiger partial charge on any atom is 0.414 e. The summed E-state index contributed by atoms with van der Waals surface area (Å²) in [7, 11) is 1.23. The zero-order valence-electron chi connectivity index (χ0n) is 20.0. The molecule has 1 aliphatic rings. The highest BCUT2D eigenvalue weighted by atomic mass is 16.6. The third kappa shape index (κ3) is 5.54. The van der Waals surface area contributed by atoms with E-state index in [1.54, 1.807) is 57.2 Å². The number of para-hydroxylation sites is 2. The number of carbonyl (C=O) groups is 4. The second kappa shape index (κ2) is 9.94. The van der Waals surface area contributed by atoms with Crippen LogP contribution in [0, 0.1) is 6.92 Å². The predicted molar refractivity (Wildman–Crippen MR) is 127 cm³/mol. The summed E-state index contributed by atoms with van der Waals surface area (Å²) in [6.45, 7) is 6.44. The fraction of sp³-hybridized carbons (Fsp3) is 0.360. The van der Waals surface area contributed by atoms with Gasteiger partial charge in [-0.05, 0) is 45.4 Å². The molecule has 1 heterocycles. The van der Waals surface area contributed by atoms with Gasteiger partial charge < -0.3 is 19.7 Å². The van der Waals surface area contributed by atoms with Crippen LogP contribution in [0.1, 0.15) is 36.7 Å². The van der Waals surface area contributed by atoms with Gasteiger partial charge in [-0.15, -0.1) is 0 Å². The SMILES string of the molecule is COC(=O)N1CC(NC(=O)OC(C)(C)C)C(=O)N(CC(=O)c2ccccc2C)c2ccccc21. The molecule has 0 saturated carbocycles. The molecular weight excluding hydrogens is 438 g/mol. The number of nitrogens with one attached hydrogen (secondary N) is 1. The molecule has 1 aliphatic heterocycles. The van der Waals surface area contributed by atoms with E-state index in [1.165, 1.54) is 16.9 Å². The molecule has 1 atom stereocenters. The van der Waals surface area contributed by atoms with Crippen LogP contribution in [0.25, 0.3) is 0 Å². The van der Waals surface area contributed by atoms with Crippen molar-refractivity contribution in [1.29, 1.82) is 0 Å². The van der Waals surface area contributed by atoms with Crippen molar-refractivity contribution in [1.82, 2.24) is 5.32 Å². The van der Waals surface area contributed by atoms with Crippen LogP contribution in [0.5, 0.6) is 0 Å². The molecule has 34 heavy (non-hydrogen) atoms. The Kier molecular flexibility index (Phi) is 7.24. The van der Waals surface area contributed by atoms with Crippen LogP contribution in [0.15, 0.2) is 48.5 Å². The number of rotatable bonds is 4. The van der Waals surface area contributed by atoms with Crippen molar-refractivity contribution in [2.75, 3.05) is 30.0 Å². The number of aryl methyl sites for hydroxylation is 1. The second-order valence-electron chi connectivity index (χ2n) is 8.93. The van der Waals surface area contributed by atoms with E-state index in [9.17, 15) is 19.2 Å². The highest BCUT2D eigenvalue weighted by Crippen LogP contribution is 2.33. The van der Waals surface area contributed by atoms with Gasteiger partial charge >= 0.3 is 12.2 Å². The summed E-state index contributed by atoms with van der Waals surface area (Å²) >= 11 is 0. The van der Waals surface area contributed by atoms with E-state index >= 15 is 0 Å². The van der Waals surface area contributed by atoms with Crippen molar-refractivity contribution in [3.63, 3.8) is 0 Å². The summed E-state index contributed by atoms with van der Waals surface area (Å²) in [5.74, 6) is -0.824. The smallest absolute Gasteiger partial charge is 0.414 e. The van der Waals surface area contributed by atoms with Crippen LogP contribution < -0.4 is 15.1 Å². The summed E-state index contributed by atoms with van der Waals surface area (Å²) in [6, 6.07) is 12.6. The van der Waals surface area contributed by atoms with Crippen molar-refractivity contribution < 1.29 is 28.7 Å². The first-order chi connectivity index (χ1) is 16.0. The molecule has 9 heteroatoms. The van der Waals surface area contributed by atoms with Gasteiger partial charge in [-0.25, -0.2) is 9.59 Å². The lowest BCUT2D eigenvalue weighted by atomic mass is 10.0. The van der Waals surface area contributed by atoms with Gasteiger partial charge in [-0.1, -0.05) is 36.4 Å². The van der Waals surface area contributed by atoms with Crippen LogP contribution >= 0.6 is 0 Å². The first-order valence-electron chi connectivity index (χ1n) is 10.9. The number of carbonyl (C=O) groups excluding carboxylic acids is 4. The fourth-order valence-electron chi connectivity index (χ4n) is 3.70.